The van der Waals surface area contributed by atoms with Crippen LogP contribution < -0.4 is 10.4 Å². The van der Waals surface area contributed by atoms with Crippen LogP contribution in [0.1, 0.15) is 18.9 Å². The van der Waals surface area contributed by atoms with Gasteiger partial charge in [0.1, 0.15) is 17.7 Å². The number of aryl methyl sites for hydroxylation is 1. The van der Waals surface area contributed by atoms with Crippen molar-refractivity contribution in [2.75, 3.05) is 0 Å². The van der Waals surface area contributed by atoms with Gasteiger partial charge in [-0.2, -0.15) is 10.5 Å². The highest BCUT2D eigenvalue weighted by molar-refractivity contribution is 6.14. The maximum absolute atomic E-state index is 9.60. The summed E-state index contributed by atoms with van der Waals surface area (Å²) in [5, 5.41) is 25.2. The van der Waals surface area contributed by atoms with Crippen LogP contribution in [-0.4, -0.2) is 4.40 Å². The summed E-state index contributed by atoms with van der Waals surface area (Å²) in [7, 11) is 0. The number of pyridine rings is 2. The summed E-state index contributed by atoms with van der Waals surface area (Å²) in [4.78, 5) is 0. The average molecular weight is 359 g/mol. The Kier molecular flexibility index (Phi) is 3.41. The summed E-state index contributed by atoms with van der Waals surface area (Å²) in [5.41, 5.74) is 4.52. The first-order valence-corrected chi connectivity index (χ1v) is 9.42. The van der Waals surface area contributed by atoms with Gasteiger partial charge in [-0.3, -0.25) is 0 Å². The van der Waals surface area contributed by atoms with Crippen LogP contribution in [0.4, 0.5) is 0 Å². The number of nitrogens with zero attached hydrogens (tertiary/aromatic N) is 3. The molecule has 0 fully saturated rings. The SMILES string of the molecule is C=c1cc2c3ccccc3c3cc(=C(C#N)C#N)c4cc(CCC)cc1c4n23. The highest BCUT2D eigenvalue weighted by Gasteiger charge is 2.17. The number of hydrogen-bond donors (Lipinski definition) is 0. The molecule has 0 aliphatic heterocycles. The molecule has 0 atom stereocenters. The van der Waals surface area contributed by atoms with Gasteiger partial charge in [0.25, 0.3) is 0 Å². The van der Waals surface area contributed by atoms with Crippen LogP contribution in [0.3, 0.4) is 0 Å². The molecule has 0 N–H and O–H groups in total. The molecule has 0 radical (unpaired) electrons. The lowest BCUT2D eigenvalue weighted by Crippen LogP contribution is -2.13. The number of aromatic nitrogens is 1. The standard InChI is InChI=1S/C25H17N3/c1-3-6-16-10-20-15(2)9-23-18-7-4-5-8-19(18)24-12-21(17(13-26)14-27)22(11-16)25(20)28(23)24/h4-5,7-12H,2-3,6H2,1H3. The quantitative estimate of drug-likeness (QED) is 0.469. The first-order valence-electron chi connectivity index (χ1n) is 9.42. The van der Waals surface area contributed by atoms with E-state index in [0.29, 0.717) is 5.22 Å². The molecule has 2 aromatic carbocycles. The fourth-order valence-electron chi connectivity index (χ4n) is 4.45. The first-order chi connectivity index (χ1) is 13.7. The summed E-state index contributed by atoms with van der Waals surface area (Å²) in [5.74, 6) is 0. The Bertz CT molecular complexity index is 1590. The Labute approximate surface area is 162 Å². The number of hydrogen-bond acceptors (Lipinski definition) is 2. The van der Waals surface area contributed by atoms with Crippen molar-refractivity contribution in [2.45, 2.75) is 19.8 Å². The fraction of sp³-hybridized carbons (Fsp3) is 0.120. The van der Waals surface area contributed by atoms with E-state index in [9.17, 15) is 10.5 Å². The molecule has 0 saturated carbocycles. The highest BCUT2D eigenvalue weighted by atomic mass is 14.9. The maximum Gasteiger partial charge on any atom is 0.137 e. The van der Waals surface area contributed by atoms with Gasteiger partial charge in [0, 0.05) is 26.8 Å². The Morgan fingerprint density at radius 2 is 1.57 bits per heavy atom. The Hall–Kier alpha value is -3.82. The zero-order valence-electron chi connectivity index (χ0n) is 15.6. The summed E-state index contributed by atoms with van der Waals surface area (Å²) >= 11 is 0. The van der Waals surface area contributed by atoms with Gasteiger partial charge < -0.3 is 4.40 Å². The van der Waals surface area contributed by atoms with Gasteiger partial charge in [-0.25, -0.2) is 0 Å². The van der Waals surface area contributed by atoms with Crippen molar-refractivity contribution in [3.8, 4) is 12.1 Å². The molecule has 3 nitrogen and oxygen atoms in total. The molecule has 0 aliphatic carbocycles. The predicted molar refractivity (Wildman–Crippen MR) is 115 cm³/mol. The van der Waals surface area contributed by atoms with Crippen molar-refractivity contribution in [1.82, 2.24) is 4.40 Å². The molecular weight excluding hydrogens is 342 g/mol. The van der Waals surface area contributed by atoms with Gasteiger partial charge in [-0.05, 0) is 41.5 Å². The van der Waals surface area contributed by atoms with E-state index in [4.69, 9.17) is 0 Å². The molecule has 3 aromatic heterocycles. The minimum absolute atomic E-state index is 0.147. The lowest BCUT2D eigenvalue weighted by molar-refractivity contribution is 0.924. The maximum atomic E-state index is 9.60. The molecule has 0 spiro atoms. The molecule has 3 heterocycles. The Morgan fingerprint density at radius 3 is 2.21 bits per heavy atom. The average Bonchev–Trinajstić information content (AvgIpc) is 3.03. The molecule has 28 heavy (non-hydrogen) atoms. The predicted octanol–water partition coefficient (Wildman–Crippen LogP) is 4.40. The van der Waals surface area contributed by atoms with Crippen molar-refractivity contribution in [3.05, 3.63) is 64.5 Å². The zero-order chi connectivity index (χ0) is 19.4. The van der Waals surface area contributed by atoms with E-state index >= 15 is 0 Å². The normalized spacial score (nSPS) is 11.4. The van der Waals surface area contributed by atoms with Crippen molar-refractivity contribution in [2.24, 2.45) is 0 Å². The van der Waals surface area contributed by atoms with Crippen LogP contribution in [0.15, 0.2) is 48.5 Å². The van der Waals surface area contributed by atoms with Gasteiger partial charge in [0.2, 0.25) is 0 Å². The van der Waals surface area contributed by atoms with Crippen LogP contribution in [0.25, 0.3) is 50.2 Å². The minimum Gasteiger partial charge on any atom is -0.308 e. The fourth-order valence-corrected chi connectivity index (χ4v) is 4.45. The van der Waals surface area contributed by atoms with E-state index in [0.717, 1.165) is 56.2 Å². The largest absolute Gasteiger partial charge is 0.308 e. The van der Waals surface area contributed by atoms with E-state index in [2.05, 4.69) is 60.4 Å². The van der Waals surface area contributed by atoms with Gasteiger partial charge >= 0.3 is 0 Å². The second kappa shape index (κ2) is 5.84. The van der Waals surface area contributed by atoms with Gasteiger partial charge in [0.05, 0.1) is 16.6 Å². The Balaban J connectivity index is 2.22. The van der Waals surface area contributed by atoms with Gasteiger partial charge in [0.15, 0.2) is 0 Å². The highest BCUT2D eigenvalue weighted by Crippen LogP contribution is 2.32. The van der Waals surface area contributed by atoms with Crippen LogP contribution in [0.5, 0.6) is 0 Å². The monoisotopic (exact) mass is 359 g/mol. The van der Waals surface area contributed by atoms with Crippen molar-refractivity contribution >= 4 is 50.2 Å². The second-order valence-corrected chi connectivity index (χ2v) is 7.27. The van der Waals surface area contributed by atoms with E-state index in [1.54, 1.807) is 0 Å². The van der Waals surface area contributed by atoms with Crippen LogP contribution in [-0.2, 0) is 6.42 Å². The molecule has 0 aliphatic rings. The minimum atomic E-state index is 0.147. The van der Waals surface area contributed by atoms with Crippen LogP contribution in [0, 0.1) is 22.7 Å². The van der Waals surface area contributed by atoms with E-state index in [1.165, 1.54) is 5.56 Å². The summed E-state index contributed by atoms with van der Waals surface area (Å²) in [6, 6.07) is 20.9. The number of benzene rings is 2. The third-order valence-electron chi connectivity index (χ3n) is 5.61. The molecule has 0 unspecified atom stereocenters. The van der Waals surface area contributed by atoms with Crippen LogP contribution in [0.2, 0.25) is 0 Å². The third-order valence-corrected chi connectivity index (χ3v) is 5.61. The molecule has 5 aromatic rings. The van der Waals surface area contributed by atoms with Crippen molar-refractivity contribution < 1.29 is 0 Å². The van der Waals surface area contributed by atoms with E-state index in [1.807, 2.05) is 18.2 Å². The smallest absolute Gasteiger partial charge is 0.137 e. The number of rotatable bonds is 2. The molecule has 132 valence electrons. The summed E-state index contributed by atoms with van der Waals surface area (Å²) < 4.78 is 2.26. The molecule has 0 amide bonds. The summed E-state index contributed by atoms with van der Waals surface area (Å²) in [6.45, 7) is 6.47. The molecule has 3 heteroatoms. The molecule has 0 saturated heterocycles. The van der Waals surface area contributed by atoms with Crippen LogP contribution >= 0.6 is 0 Å². The number of fused-ring (bicyclic) bond motifs is 3. The lowest BCUT2D eigenvalue weighted by Gasteiger charge is -2.13. The molecular formula is C25H17N3. The van der Waals surface area contributed by atoms with Gasteiger partial charge in [-0.15, -0.1) is 0 Å². The first kappa shape index (κ1) is 16.4. The Morgan fingerprint density at radius 1 is 0.929 bits per heavy atom. The number of nitriles is 2. The van der Waals surface area contributed by atoms with E-state index in [-0.39, 0.29) is 5.57 Å². The second-order valence-electron chi connectivity index (χ2n) is 7.27. The van der Waals surface area contributed by atoms with Crippen molar-refractivity contribution in [1.29, 1.82) is 10.5 Å². The zero-order valence-corrected chi connectivity index (χ0v) is 15.6. The lowest BCUT2D eigenvalue weighted by atomic mass is 9.99. The van der Waals surface area contributed by atoms with E-state index < -0.39 is 0 Å². The third kappa shape index (κ3) is 2.02. The molecule has 0 bridgehead atoms. The topological polar surface area (TPSA) is 52.0 Å². The summed E-state index contributed by atoms with van der Waals surface area (Å²) in [6.07, 6.45) is 1.98. The van der Waals surface area contributed by atoms with Gasteiger partial charge in [-0.1, -0.05) is 44.2 Å². The van der Waals surface area contributed by atoms with Crippen molar-refractivity contribution in [3.63, 3.8) is 0 Å². The molecule has 5 rings (SSSR count).